The molecule has 0 radical (unpaired) electrons. The Balaban J connectivity index is 1.64. The van der Waals surface area contributed by atoms with Crippen LogP contribution in [0, 0.1) is 5.92 Å². The highest BCUT2D eigenvalue weighted by Crippen LogP contribution is 2.28. The third kappa shape index (κ3) is 6.12. The van der Waals surface area contributed by atoms with Crippen LogP contribution in [0.2, 0.25) is 0 Å². The number of aryl methyl sites for hydroxylation is 1. The smallest absolute Gasteiger partial charge is 0.242 e. The van der Waals surface area contributed by atoms with E-state index in [2.05, 4.69) is 6.58 Å². The van der Waals surface area contributed by atoms with Gasteiger partial charge in [-0.25, -0.2) is 0 Å². The molecule has 30 heavy (non-hydrogen) atoms. The van der Waals surface area contributed by atoms with Crippen molar-refractivity contribution in [1.29, 1.82) is 0 Å². The van der Waals surface area contributed by atoms with Gasteiger partial charge in [0.2, 0.25) is 11.8 Å². The van der Waals surface area contributed by atoms with Crippen LogP contribution >= 0.6 is 0 Å². The largest absolute Gasteiger partial charge is 0.467 e. The second-order valence-electron chi connectivity index (χ2n) is 8.19. The quantitative estimate of drug-likeness (QED) is 0.522. The predicted molar refractivity (Wildman–Crippen MR) is 116 cm³/mol. The summed E-state index contributed by atoms with van der Waals surface area (Å²) in [7, 11) is 1.96. The molecule has 1 aliphatic carbocycles. The Morgan fingerprint density at radius 1 is 1.17 bits per heavy atom. The Morgan fingerprint density at radius 2 is 1.97 bits per heavy atom. The Kier molecular flexibility index (Phi) is 7.94. The molecule has 0 spiro atoms. The normalized spacial score (nSPS) is 14.0. The minimum Gasteiger partial charge on any atom is -0.467 e. The van der Waals surface area contributed by atoms with E-state index >= 15 is 0 Å². The number of furan rings is 1. The fraction of sp³-hybridized carbons (Fsp3) is 0.500. The van der Waals surface area contributed by atoms with Crippen LogP contribution in [0.3, 0.4) is 0 Å². The summed E-state index contributed by atoms with van der Waals surface area (Å²) in [6.45, 7) is 5.04. The third-order valence-electron chi connectivity index (χ3n) is 5.95. The zero-order valence-electron chi connectivity index (χ0n) is 18.0. The Hall–Kier alpha value is -2.76. The van der Waals surface area contributed by atoms with E-state index in [1.165, 1.54) is 25.7 Å². The number of carbonyl (C=O) groups excluding carboxylic acids is 2. The lowest BCUT2D eigenvalue weighted by molar-refractivity contribution is -0.141. The summed E-state index contributed by atoms with van der Waals surface area (Å²) in [6.07, 6.45) is 11.7. The van der Waals surface area contributed by atoms with Gasteiger partial charge in [-0.15, -0.1) is 6.58 Å². The summed E-state index contributed by atoms with van der Waals surface area (Å²) in [5, 5.41) is 0. The summed E-state index contributed by atoms with van der Waals surface area (Å²) in [4.78, 5) is 29.4. The van der Waals surface area contributed by atoms with Crippen molar-refractivity contribution >= 4 is 11.8 Å². The molecule has 2 aromatic heterocycles. The van der Waals surface area contributed by atoms with Crippen molar-refractivity contribution < 1.29 is 14.0 Å². The van der Waals surface area contributed by atoms with Gasteiger partial charge in [-0.2, -0.15) is 0 Å². The molecule has 6 nitrogen and oxygen atoms in total. The average Bonchev–Trinajstić information content (AvgIpc) is 3.49. The average molecular weight is 412 g/mol. The first-order chi connectivity index (χ1) is 14.6. The van der Waals surface area contributed by atoms with Crippen LogP contribution in [0.25, 0.3) is 0 Å². The van der Waals surface area contributed by atoms with Gasteiger partial charge in [0.1, 0.15) is 12.3 Å². The summed E-state index contributed by atoms with van der Waals surface area (Å²) >= 11 is 0. The second kappa shape index (κ2) is 10.9. The summed E-state index contributed by atoms with van der Waals surface area (Å²) in [5.74, 6) is 1.32. The van der Waals surface area contributed by atoms with E-state index in [0.717, 1.165) is 17.9 Å². The maximum absolute atomic E-state index is 13.2. The SMILES string of the molecule is C=CCN(CC(=O)N(Cc1ccco1)Cc1cccn1C)C(=O)CCC1CCCC1. The number of rotatable bonds is 11. The van der Waals surface area contributed by atoms with Crippen LogP contribution in [0.5, 0.6) is 0 Å². The Labute approximate surface area is 179 Å². The van der Waals surface area contributed by atoms with Crippen molar-refractivity contribution in [2.45, 2.75) is 51.6 Å². The maximum atomic E-state index is 13.2. The zero-order chi connectivity index (χ0) is 21.3. The number of aromatic nitrogens is 1. The van der Waals surface area contributed by atoms with E-state index in [1.807, 2.05) is 42.1 Å². The van der Waals surface area contributed by atoms with E-state index in [0.29, 0.717) is 32.0 Å². The van der Waals surface area contributed by atoms with E-state index in [1.54, 1.807) is 22.1 Å². The molecule has 0 unspecified atom stereocenters. The highest BCUT2D eigenvalue weighted by molar-refractivity contribution is 5.85. The monoisotopic (exact) mass is 411 g/mol. The molecule has 1 saturated carbocycles. The van der Waals surface area contributed by atoms with E-state index < -0.39 is 0 Å². The standard InChI is InChI=1S/C24H33N3O3/c1-3-14-26(23(28)13-12-20-8-4-5-9-20)19-24(29)27(18-22-11-7-16-30-22)17-21-10-6-15-25(21)2/h3,6-7,10-11,15-16,20H,1,4-5,8-9,12-14,17-19H2,2H3. The molecule has 1 fully saturated rings. The van der Waals surface area contributed by atoms with E-state index in [-0.39, 0.29) is 18.4 Å². The van der Waals surface area contributed by atoms with Crippen LogP contribution in [-0.2, 0) is 29.7 Å². The molecule has 3 rings (SSSR count). The topological polar surface area (TPSA) is 58.7 Å². The first-order valence-electron chi connectivity index (χ1n) is 10.9. The molecule has 2 amide bonds. The van der Waals surface area contributed by atoms with Crippen molar-refractivity contribution in [3.8, 4) is 0 Å². The Bertz CT molecular complexity index is 819. The van der Waals surface area contributed by atoms with Gasteiger partial charge in [0, 0.05) is 31.9 Å². The van der Waals surface area contributed by atoms with Crippen LogP contribution in [0.4, 0.5) is 0 Å². The molecule has 0 aliphatic heterocycles. The molecule has 0 N–H and O–H groups in total. The lowest BCUT2D eigenvalue weighted by Crippen LogP contribution is -2.42. The van der Waals surface area contributed by atoms with Gasteiger partial charge < -0.3 is 18.8 Å². The fourth-order valence-corrected chi connectivity index (χ4v) is 4.14. The number of nitrogens with zero attached hydrogens (tertiary/aromatic N) is 3. The molecule has 0 bridgehead atoms. The highest BCUT2D eigenvalue weighted by Gasteiger charge is 2.23. The molecule has 6 heteroatoms. The molecular formula is C24H33N3O3. The molecule has 2 heterocycles. The lowest BCUT2D eigenvalue weighted by Gasteiger charge is -2.27. The number of hydrogen-bond acceptors (Lipinski definition) is 3. The predicted octanol–water partition coefficient (Wildman–Crippen LogP) is 4.13. The third-order valence-corrected chi connectivity index (χ3v) is 5.95. The second-order valence-corrected chi connectivity index (χ2v) is 8.19. The van der Waals surface area contributed by atoms with E-state index in [9.17, 15) is 9.59 Å². The maximum Gasteiger partial charge on any atom is 0.242 e. The van der Waals surface area contributed by atoms with Gasteiger partial charge in [-0.1, -0.05) is 31.8 Å². The molecule has 0 aromatic carbocycles. The Morgan fingerprint density at radius 3 is 2.60 bits per heavy atom. The van der Waals surface area contributed by atoms with Crippen molar-refractivity contribution in [1.82, 2.24) is 14.4 Å². The van der Waals surface area contributed by atoms with Crippen LogP contribution < -0.4 is 0 Å². The minimum absolute atomic E-state index is 0.0342. The van der Waals surface area contributed by atoms with Crippen molar-refractivity contribution in [2.75, 3.05) is 13.1 Å². The molecule has 0 saturated heterocycles. The van der Waals surface area contributed by atoms with E-state index in [4.69, 9.17) is 4.42 Å². The van der Waals surface area contributed by atoms with Gasteiger partial charge in [-0.3, -0.25) is 9.59 Å². The van der Waals surface area contributed by atoms with Crippen LogP contribution in [-0.4, -0.2) is 39.3 Å². The first kappa shape index (κ1) is 21.9. The molecule has 0 atom stereocenters. The van der Waals surface area contributed by atoms with Crippen LogP contribution in [0.15, 0.2) is 53.8 Å². The zero-order valence-corrected chi connectivity index (χ0v) is 18.0. The number of carbonyl (C=O) groups is 2. The van der Waals surface area contributed by atoms with Gasteiger partial charge in [-0.05, 0) is 36.6 Å². The van der Waals surface area contributed by atoms with Gasteiger partial charge >= 0.3 is 0 Å². The van der Waals surface area contributed by atoms with Gasteiger partial charge in [0.15, 0.2) is 0 Å². The van der Waals surface area contributed by atoms with Crippen molar-refractivity contribution in [2.24, 2.45) is 13.0 Å². The summed E-state index contributed by atoms with van der Waals surface area (Å²) < 4.78 is 7.46. The molecule has 162 valence electrons. The number of hydrogen-bond donors (Lipinski definition) is 0. The van der Waals surface area contributed by atoms with Gasteiger partial charge in [0.25, 0.3) is 0 Å². The first-order valence-corrected chi connectivity index (χ1v) is 10.9. The minimum atomic E-state index is -0.0938. The van der Waals surface area contributed by atoms with Crippen molar-refractivity contribution in [3.05, 3.63) is 60.8 Å². The van der Waals surface area contributed by atoms with Crippen molar-refractivity contribution in [3.63, 3.8) is 0 Å². The molecule has 1 aliphatic rings. The number of amides is 2. The summed E-state index contributed by atoms with van der Waals surface area (Å²) in [5.41, 5.74) is 1.03. The van der Waals surface area contributed by atoms with Crippen LogP contribution in [0.1, 0.15) is 50.0 Å². The summed E-state index contributed by atoms with van der Waals surface area (Å²) in [6, 6.07) is 7.63. The molecular weight excluding hydrogens is 378 g/mol. The fourth-order valence-electron chi connectivity index (χ4n) is 4.14. The lowest BCUT2D eigenvalue weighted by atomic mass is 10.0. The van der Waals surface area contributed by atoms with Gasteiger partial charge in [0.05, 0.1) is 19.4 Å². The highest BCUT2D eigenvalue weighted by atomic mass is 16.3. The molecule has 2 aromatic rings.